The molecule has 2 aromatic carbocycles. The molecule has 0 aromatic heterocycles. The minimum atomic E-state index is -0.0998. The van der Waals surface area contributed by atoms with Crippen LogP contribution < -0.4 is 0 Å². The molecule has 3 heteroatoms. The number of ketones is 1. The van der Waals surface area contributed by atoms with Crippen molar-refractivity contribution in [3.63, 3.8) is 0 Å². The molecule has 0 radical (unpaired) electrons. The van der Waals surface area contributed by atoms with E-state index >= 15 is 0 Å². The van der Waals surface area contributed by atoms with E-state index < -0.39 is 0 Å². The summed E-state index contributed by atoms with van der Waals surface area (Å²) in [5.41, 5.74) is 0.776. The molecule has 24 heavy (non-hydrogen) atoms. The third-order valence-corrected chi connectivity index (χ3v) is 4.76. The van der Waals surface area contributed by atoms with Gasteiger partial charge < -0.3 is 4.90 Å². The van der Waals surface area contributed by atoms with Crippen molar-refractivity contribution in [2.24, 2.45) is 5.92 Å². The predicted molar refractivity (Wildman–Crippen MR) is 97.0 cm³/mol. The van der Waals surface area contributed by atoms with Crippen LogP contribution in [0.25, 0.3) is 10.8 Å². The molecule has 1 aliphatic heterocycles. The van der Waals surface area contributed by atoms with Crippen LogP contribution in [-0.4, -0.2) is 29.7 Å². The van der Waals surface area contributed by atoms with E-state index in [1.54, 1.807) is 6.08 Å². The summed E-state index contributed by atoms with van der Waals surface area (Å²) in [5, 5.41) is 2.08. The summed E-state index contributed by atoms with van der Waals surface area (Å²) in [6.07, 6.45) is 4.69. The number of piperidine rings is 1. The molecule has 3 rings (SSSR count). The zero-order valence-corrected chi connectivity index (χ0v) is 13.9. The Hall–Kier alpha value is -2.42. The van der Waals surface area contributed by atoms with Crippen LogP contribution >= 0.6 is 0 Å². The lowest BCUT2D eigenvalue weighted by Crippen LogP contribution is -2.42. The summed E-state index contributed by atoms with van der Waals surface area (Å²) < 4.78 is 0. The molecule has 0 unspecified atom stereocenters. The molecule has 2 aromatic rings. The van der Waals surface area contributed by atoms with Crippen LogP contribution in [0.2, 0.25) is 0 Å². The Morgan fingerprint density at radius 2 is 1.96 bits per heavy atom. The minimum absolute atomic E-state index is 0.0998. The monoisotopic (exact) mass is 321 g/mol. The van der Waals surface area contributed by atoms with Gasteiger partial charge in [0.15, 0.2) is 5.78 Å². The number of fused-ring (bicyclic) bond motifs is 1. The van der Waals surface area contributed by atoms with Gasteiger partial charge in [0, 0.05) is 31.0 Å². The highest BCUT2D eigenvalue weighted by Gasteiger charge is 2.29. The van der Waals surface area contributed by atoms with Crippen LogP contribution in [0.3, 0.4) is 0 Å². The van der Waals surface area contributed by atoms with Crippen molar-refractivity contribution in [3.05, 3.63) is 60.7 Å². The molecule has 0 N–H and O–H groups in total. The van der Waals surface area contributed by atoms with Crippen molar-refractivity contribution in [1.82, 2.24) is 4.90 Å². The summed E-state index contributed by atoms with van der Waals surface area (Å²) in [4.78, 5) is 27.1. The first-order valence-electron chi connectivity index (χ1n) is 8.61. The number of carbonyl (C=O) groups is 2. The fourth-order valence-corrected chi connectivity index (χ4v) is 3.46. The van der Waals surface area contributed by atoms with Gasteiger partial charge in [0.25, 0.3) is 0 Å². The topological polar surface area (TPSA) is 37.4 Å². The number of benzene rings is 2. The van der Waals surface area contributed by atoms with E-state index in [0.717, 1.165) is 35.7 Å². The molecule has 1 heterocycles. The fourth-order valence-electron chi connectivity index (χ4n) is 3.46. The molecule has 1 saturated heterocycles. The van der Waals surface area contributed by atoms with E-state index in [9.17, 15) is 9.59 Å². The van der Waals surface area contributed by atoms with Crippen LogP contribution in [0.15, 0.2) is 55.1 Å². The van der Waals surface area contributed by atoms with Gasteiger partial charge in [-0.25, -0.2) is 0 Å². The Bertz CT molecular complexity index is 760. The van der Waals surface area contributed by atoms with Gasteiger partial charge in [-0.1, -0.05) is 48.5 Å². The highest BCUT2D eigenvalue weighted by Crippen LogP contribution is 2.26. The second kappa shape index (κ2) is 7.43. The van der Waals surface area contributed by atoms with Gasteiger partial charge in [-0.15, -0.1) is 6.58 Å². The van der Waals surface area contributed by atoms with Gasteiger partial charge in [0.1, 0.15) is 0 Å². The molecule has 1 aliphatic rings. The van der Waals surface area contributed by atoms with Crippen molar-refractivity contribution in [3.8, 4) is 0 Å². The van der Waals surface area contributed by atoms with Crippen LogP contribution in [0.4, 0.5) is 0 Å². The van der Waals surface area contributed by atoms with Crippen molar-refractivity contribution >= 4 is 22.5 Å². The standard InChI is InChI=1S/C21H23NO2/c1-2-3-13-20(23)22-14-7-10-17(15-22)21(24)19-12-6-9-16-8-4-5-11-18(16)19/h2,4-6,8-9,11-12,17H,1,3,7,10,13-15H2/t17-/m0/s1. The maximum atomic E-state index is 13.0. The van der Waals surface area contributed by atoms with Gasteiger partial charge >= 0.3 is 0 Å². The Morgan fingerprint density at radius 3 is 2.79 bits per heavy atom. The molecule has 1 fully saturated rings. The third-order valence-electron chi connectivity index (χ3n) is 4.76. The Balaban J connectivity index is 1.79. The van der Waals surface area contributed by atoms with Crippen molar-refractivity contribution in [2.75, 3.05) is 13.1 Å². The second-order valence-electron chi connectivity index (χ2n) is 6.40. The lowest BCUT2D eigenvalue weighted by molar-refractivity contribution is -0.132. The van der Waals surface area contributed by atoms with E-state index in [1.165, 1.54) is 0 Å². The highest BCUT2D eigenvalue weighted by atomic mass is 16.2. The lowest BCUT2D eigenvalue weighted by atomic mass is 9.88. The van der Waals surface area contributed by atoms with Crippen molar-refractivity contribution in [2.45, 2.75) is 25.7 Å². The summed E-state index contributed by atoms with van der Waals surface area (Å²) in [5.74, 6) is 0.190. The van der Waals surface area contributed by atoms with E-state index in [4.69, 9.17) is 0 Å². The fraction of sp³-hybridized carbons (Fsp3) is 0.333. The quantitative estimate of drug-likeness (QED) is 0.610. The molecule has 1 amide bonds. The number of amides is 1. The summed E-state index contributed by atoms with van der Waals surface area (Å²) in [6.45, 7) is 4.96. The maximum Gasteiger partial charge on any atom is 0.222 e. The molecule has 3 nitrogen and oxygen atoms in total. The second-order valence-corrected chi connectivity index (χ2v) is 6.40. The number of hydrogen-bond donors (Lipinski definition) is 0. The molecule has 0 spiro atoms. The lowest BCUT2D eigenvalue weighted by Gasteiger charge is -2.32. The first-order valence-corrected chi connectivity index (χ1v) is 8.61. The molecular formula is C21H23NO2. The minimum Gasteiger partial charge on any atom is -0.342 e. The largest absolute Gasteiger partial charge is 0.342 e. The molecular weight excluding hydrogens is 298 g/mol. The Labute approximate surface area is 143 Å². The maximum absolute atomic E-state index is 13.0. The summed E-state index contributed by atoms with van der Waals surface area (Å²) >= 11 is 0. The smallest absolute Gasteiger partial charge is 0.222 e. The number of hydrogen-bond acceptors (Lipinski definition) is 2. The molecule has 0 aliphatic carbocycles. The number of allylic oxidation sites excluding steroid dienone is 1. The number of nitrogens with zero attached hydrogens (tertiary/aromatic N) is 1. The van der Waals surface area contributed by atoms with Crippen molar-refractivity contribution < 1.29 is 9.59 Å². The van der Waals surface area contributed by atoms with Gasteiger partial charge in [-0.2, -0.15) is 0 Å². The van der Waals surface area contributed by atoms with E-state index in [0.29, 0.717) is 19.4 Å². The number of carbonyl (C=O) groups excluding carboxylic acids is 2. The number of likely N-dealkylation sites (tertiary alicyclic amines) is 1. The summed E-state index contributed by atoms with van der Waals surface area (Å²) in [6, 6.07) is 13.8. The van der Waals surface area contributed by atoms with E-state index in [2.05, 4.69) is 6.58 Å². The van der Waals surface area contributed by atoms with Crippen LogP contribution in [0.1, 0.15) is 36.0 Å². The molecule has 1 atom stereocenters. The zero-order valence-electron chi connectivity index (χ0n) is 13.9. The number of rotatable bonds is 5. The predicted octanol–water partition coefficient (Wildman–Crippen LogP) is 4.23. The van der Waals surface area contributed by atoms with Crippen LogP contribution in [-0.2, 0) is 4.79 Å². The van der Waals surface area contributed by atoms with Gasteiger partial charge in [-0.05, 0) is 30.0 Å². The van der Waals surface area contributed by atoms with Gasteiger partial charge in [0.05, 0.1) is 0 Å². The first-order chi connectivity index (χ1) is 11.7. The Morgan fingerprint density at radius 1 is 1.17 bits per heavy atom. The summed E-state index contributed by atoms with van der Waals surface area (Å²) in [7, 11) is 0. The van der Waals surface area contributed by atoms with Gasteiger partial charge in [-0.3, -0.25) is 9.59 Å². The first kappa shape index (κ1) is 16.4. The van der Waals surface area contributed by atoms with Crippen LogP contribution in [0, 0.1) is 5.92 Å². The van der Waals surface area contributed by atoms with E-state index in [1.807, 2.05) is 47.4 Å². The zero-order chi connectivity index (χ0) is 16.9. The third kappa shape index (κ3) is 3.40. The Kier molecular flexibility index (Phi) is 5.09. The van der Waals surface area contributed by atoms with Crippen molar-refractivity contribution in [1.29, 1.82) is 0 Å². The number of Topliss-reactive ketones (excluding diaryl/α,β-unsaturated/α-hetero) is 1. The van der Waals surface area contributed by atoms with E-state index in [-0.39, 0.29) is 17.6 Å². The normalized spacial score (nSPS) is 17.7. The van der Waals surface area contributed by atoms with Crippen LogP contribution in [0.5, 0.6) is 0 Å². The average molecular weight is 321 g/mol. The highest BCUT2D eigenvalue weighted by molar-refractivity contribution is 6.09. The molecule has 0 saturated carbocycles. The SMILES string of the molecule is C=CCCC(=O)N1CCC[C@H](C(=O)c2cccc3ccccc23)C1. The van der Waals surface area contributed by atoms with Gasteiger partial charge in [0.2, 0.25) is 5.91 Å². The molecule has 124 valence electrons. The molecule has 0 bridgehead atoms. The average Bonchev–Trinajstić information content (AvgIpc) is 2.65.